The van der Waals surface area contributed by atoms with Gasteiger partial charge in [-0.25, -0.2) is 0 Å². The van der Waals surface area contributed by atoms with Crippen LogP contribution in [0.1, 0.15) is 32.1 Å². The summed E-state index contributed by atoms with van der Waals surface area (Å²) >= 11 is 0. The van der Waals surface area contributed by atoms with Crippen LogP contribution < -0.4 is 10.6 Å². The van der Waals surface area contributed by atoms with Gasteiger partial charge in [0, 0.05) is 38.0 Å². The second-order valence-corrected chi connectivity index (χ2v) is 6.09. The van der Waals surface area contributed by atoms with Gasteiger partial charge in [-0.2, -0.15) is 0 Å². The summed E-state index contributed by atoms with van der Waals surface area (Å²) in [6.07, 6.45) is 3.99. The molecule has 1 unspecified atom stereocenters. The number of nitrogens with one attached hydrogen (secondary N) is 2. The summed E-state index contributed by atoms with van der Waals surface area (Å²) in [7, 11) is 0. The lowest BCUT2D eigenvalue weighted by Crippen LogP contribution is -2.48. The van der Waals surface area contributed by atoms with Crippen molar-refractivity contribution in [2.45, 2.75) is 38.1 Å². The fraction of sp³-hybridized carbons (Fsp3) is 0.786. The number of hydrogen-bond donors (Lipinski definition) is 2. The summed E-state index contributed by atoms with van der Waals surface area (Å²) in [5.41, 5.74) is 0. The predicted molar refractivity (Wildman–Crippen MR) is 71.6 cm³/mol. The molecule has 2 aliphatic heterocycles. The number of likely N-dealkylation sites (tertiary alicyclic amines) is 1. The van der Waals surface area contributed by atoms with Gasteiger partial charge >= 0.3 is 0 Å². The minimum absolute atomic E-state index is 0.0325. The molecular formula is C14H21N3O3. The van der Waals surface area contributed by atoms with Crippen LogP contribution in [0.3, 0.4) is 0 Å². The number of carbonyl (C=O) groups is 3. The highest BCUT2D eigenvalue weighted by Crippen LogP contribution is 2.29. The maximum atomic E-state index is 12.2. The van der Waals surface area contributed by atoms with Crippen molar-refractivity contribution >= 4 is 17.7 Å². The van der Waals surface area contributed by atoms with E-state index < -0.39 is 0 Å². The molecule has 3 amide bonds. The molecule has 0 aromatic carbocycles. The van der Waals surface area contributed by atoms with Crippen molar-refractivity contribution < 1.29 is 14.4 Å². The smallest absolute Gasteiger partial charge is 0.227 e. The van der Waals surface area contributed by atoms with Gasteiger partial charge in [-0.15, -0.1) is 0 Å². The minimum atomic E-state index is -0.194. The Balaban J connectivity index is 1.44. The Bertz CT molecular complexity index is 425. The van der Waals surface area contributed by atoms with E-state index in [1.165, 1.54) is 0 Å². The van der Waals surface area contributed by atoms with Crippen LogP contribution in [0.4, 0.5) is 0 Å². The molecule has 0 aromatic rings. The Labute approximate surface area is 118 Å². The van der Waals surface area contributed by atoms with E-state index in [2.05, 4.69) is 10.6 Å². The Kier molecular flexibility index (Phi) is 3.63. The molecule has 1 aliphatic carbocycles. The van der Waals surface area contributed by atoms with Gasteiger partial charge in [-0.3, -0.25) is 14.4 Å². The molecule has 3 fully saturated rings. The molecule has 1 atom stereocenters. The third-order valence-corrected chi connectivity index (χ3v) is 4.43. The number of carbonyl (C=O) groups excluding carboxylic acids is 3. The molecule has 0 aromatic heterocycles. The molecule has 0 bridgehead atoms. The zero-order valence-corrected chi connectivity index (χ0v) is 11.6. The summed E-state index contributed by atoms with van der Waals surface area (Å²) in [4.78, 5) is 36.9. The first kappa shape index (κ1) is 13.4. The van der Waals surface area contributed by atoms with Crippen LogP contribution in [0.25, 0.3) is 0 Å². The first-order chi connectivity index (χ1) is 9.63. The van der Waals surface area contributed by atoms with Crippen molar-refractivity contribution in [2.24, 2.45) is 11.8 Å². The first-order valence-electron chi connectivity index (χ1n) is 7.49. The predicted octanol–water partition coefficient (Wildman–Crippen LogP) is -0.360. The number of rotatable bonds is 3. The number of piperidine rings is 1. The topological polar surface area (TPSA) is 78.5 Å². The maximum Gasteiger partial charge on any atom is 0.227 e. The summed E-state index contributed by atoms with van der Waals surface area (Å²) in [5.74, 6) is 0.274. The fourth-order valence-electron chi connectivity index (χ4n) is 2.95. The number of nitrogens with zero attached hydrogens (tertiary/aromatic N) is 1. The van der Waals surface area contributed by atoms with Crippen molar-refractivity contribution in [3.05, 3.63) is 0 Å². The van der Waals surface area contributed by atoms with E-state index in [4.69, 9.17) is 0 Å². The largest absolute Gasteiger partial charge is 0.355 e. The van der Waals surface area contributed by atoms with E-state index in [-0.39, 0.29) is 35.6 Å². The van der Waals surface area contributed by atoms with E-state index in [1.54, 1.807) is 0 Å². The van der Waals surface area contributed by atoms with Crippen molar-refractivity contribution in [3.8, 4) is 0 Å². The third kappa shape index (κ3) is 2.94. The molecule has 6 heteroatoms. The van der Waals surface area contributed by atoms with Crippen LogP contribution in [0.15, 0.2) is 0 Å². The lowest BCUT2D eigenvalue weighted by atomic mass is 10.0. The molecule has 6 nitrogen and oxygen atoms in total. The molecular weight excluding hydrogens is 258 g/mol. The molecule has 2 saturated heterocycles. The highest BCUT2D eigenvalue weighted by Gasteiger charge is 2.35. The van der Waals surface area contributed by atoms with Gasteiger partial charge in [-0.1, -0.05) is 0 Å². The van der Waals surface area contributed by atoms with E-state index in [0.717, 1.165) is 25.7 Å². The van der Waals surface area contributed by atoms with E-state index >= 15 is 0 Å². The molecule has 110 valence electrons. The number of amides is 3. The lowest BCUT2D eigenvalue weighted by Gasteiger charge is -2.33. The van der Waals surface area contributed by atoms with E-state index in [1.807, 2.05) is 4.90 Å². The van der Waals surface area contributed by atoms with Crippen LogP contribution in [-0.2, 0) is 14.4 Å². The monoisotopic (exact) mass is 279 g/mol. The van der Waals surface area contributed by atoms with Gasteiger partial charge in [0.2, 0.25) is 17.7 Å². The molecule has 2 heterocycles. The Hall–Kier alpha value is -1.59. The molecule has 3 rings (SSSR count). The summed E-state index contributed by atoms with van der Waals surface area (Å²) in [6.45, 7) is 1.83. The van der Waals surface area contributed by atoms with Gasteiger partial charge in [0.25, 0.3) is 0 Å². The third-order valence-electron chi connectivity index (χ3n) is 4.43. The molecule has 0 radical (unpaired) electrons. The zero-order valence-electron chi connectivity index (χ0n) is 11.6. The maximum absolute atomic E-state index is 12.2. The van der Waals surface area contributed by atoms with Crippen LogP contribution >= 0.6 is 0 Å². The van der Waals surface area contributed by atoms with Gasteiger partial charge in [-0.05, 0) is 25.7 Å². The van der Waals surface area contributed by atoms with Gasteiger partial charge < -0.3 is 15.5 Å². The summed E-state index contributed by atoms with van der Waals surface area (Å²) in [5, 5.41) is 5.77. The minimum Gasteiger partial charge on any atom is -0.355 e. The standard InChI is InChI=1S/C14H21N3O3/c18-12-7-10(8-15-12)14(20)17-5-3-11(4-6-17)16-13(19)9-1-2-9/h9-11H,1-8H2,(H,15,18)(H,16,19). The molecule has 1 saturated carbocycles. The SMILES string of the molecule is O=C1CC(C(=O)N2CCC(NC(=O)C3CC3)CC2)CN1. The summed E-state index contributed by atoms with van der Waals surface area (Å²) < 4.78 is 0. The molecule has 20 heavy (non-hydrogen) atoms. The van der Waals surface area contributed by atoms with Crippen LogP contribution in [0.2, 0.25) is 0 Å². The zero-order chi connectivity index (χ0) is 14.1. The first-order valence-corrected chi connectivity index (χ1v) is 7.49. The Morgan fingerprint density at radius 2 is 1.80 bits per heavy atom. The average molecular weight is 279 g/mol. The highest BCUT2D eigenvalue weighted by molar-refractivity contribution is 5.89. The van der Waals surface area contributed by atoms with Crippen LogP contribution in [-0.4, -0.2) is 48.3 Å². The quantitative estimate of drug-likeness (QED) is 0.740. The Morgan fingerprint density at radius 1 is 1.10 bits per heavy atom. The van der Waals surface area contributed by atoms with Gasteiger partial charge in [0.05, 0.1) is 5.92 Å². The second kappa shape index (κ2) is 5.42. The van der Waals surface area contributed by atoms with Gasteiger partial charge in [0.1, 0.15) is 0 Å². The van der Waals surface area contributed by atoms with E-state index in [9.17, 15) is 14.4 Å². The van der Waals surface area contributed by atoms with Crippen molar-refractivity contribution in [2.75, 3.05) is 19.6 Å². The second-order valence-electron chi connectivity index (χ2n) is 6.09. The molecule has 0 spiro atoms. The van der Waals surface area contributed by atoms with Crippen molar-refractivity contribution in [1.29, 1.82) is 0 Å². The fourth-order valence-corrected chi connectivity index (χ4v) is 2.95. The van der Waals surface area contributed by atoms with Crippen LogP contribution in [0.5, 0.6) is 0 Å². The molecule has 3 aliphatic rings. The summed E-state index contributed by atoms with van der Waals surface area (Å²) in [6, 6.07) is 0.204. The van der Waals surface area contributed by atoms with Crippen molar-refractivity contribution in [3.63, 3.8) is 0 Å². The van der Waals surface area contributed by atoms with Crippen molar-refractivity contribution in [1.82, 2.24) is 15.5 Å². The highest BCUT2D eigenvalue weighted by atomic mass is 16.2. The van der Waals surface area contributed by atoms with Crippen LogP contribution in [0, 0.1) is 11.8 Å². The lowest BCUT2D eigenvalue weighted by molar-refractivity contribution is -0.137. The number of hydrogen-bond acceptors (Lipinski definition) is 3. The molecule has 2 N–H and O–H groups in total. The van der Waals surface area contributed by atoms with E-state index in [0.29, 0.717) is 26.1 Å². The normalized spacial score (nSPS) is 27.3. The Morgan fingerprint density at radius 3 is 2.35 bits per heavy atom. The average Bonchev–Trinajstić information content (AvgIpc) is 3.21. The van der Waals surface area contributed by atoms with Gasteiger partial charge in [0.15, 0.2) is 0 Å².